The van der Waals surface area contributed by atoms with Crippen LogP contribution in [0.1, 0.15) is 29.1 Å². The fraction of sp³-hybridized carbons (Fsp3) is 0.0968. The third-order valence-corrected chi connectivity index (χ3v) is 8.69. The number of thiocarbonyl (C=S) groups is 1. The van der Waals surface area contributed by atoms with Crippen molar-refractivity contribution in [3.63, 3.8) is 0 Å². The summed E-state index contributed by atoms with van der Waals surface area (Å²) in [6, 6.07) is 29.6. The Labute approximate surface area is 251 Å². The Morgan fingerprint density at radius 3 is 2.39 bits per heavy atom. The highest BCUT2D eigenvalue weighted by Gasteiger charge is 2.42. The van der Waals surface area contributed by atoms with Crippen LogP contribution < -0.4 is 10.2 Å². The lowest BCUT2D eigenvalue weighted by atomic mass is 10.0. The van der Waals surface area contributed by atoms with E-state index in [1.807, 2.05) is 79.7 Å². The number of benzene rings is 3. The van der Waals surface area contributed by atoms with Gasteiger partial charge in [0.25, 0.3) is 5.69 Å². The van der Waals surface area contributed by atoms with E-state index in [0.29, 0.717) is 10.1 Å². The predicted molar refractivity (Wildman–Crippen MR) is 165 cm³/mol. The Bertz CT molecular complexity index is 1730. The lowest BCUT2D eigenvalue weighted by molar-refractivity contribution is -0.384. The maximum Gasteiger partial charge on any atom is 0.269 e. The van der Waals surface area contributed by atoms with Crippen molar-refractivity contribution in [1.29, 1.82) is 0 Å². The molecule has 41 heavy (non-hydrogen) atoms. The van der Waals surface area contributed by atoms with E-state index in [-0.39, 0.29) is 17.8 Å². The van der Waals surface area contributed by atoms with E-state index in [0.717, 1.165) is 43.8 Å². The van der Waals surface area contributed by atoms with Crippen LogP contribution in [0.5, 0.6) is 0 Å². The molecule has 2 atom stereocenters. The average molecular weight is 599 g/mol. The highest BCUT2D eigenvalue weighted by molar-refractivity contribution is 7.99. The number of nitro benzene ring substituents is 1. The standard InChI is InChI=1S/C31H23ClN4O3S2/c1-19-24(5-4-6-25(19)32)27-16-17-28(39-27)30-29(26-7-2-3-18-33-26)34-31(40)35(30)20-8-12-22(13-9-20)41-23-14-10-21(11-15-23)36(37)38/h2-18,29-30H,1H3,(H,34,40)/t29-,30+/m1/s1. The number of halogens is 1. The number of hydrogen-bond acceptors (Lipinski definition) is 6. The Kier molecular flexibility index (Phi) is 7.49. The van der Waals surface area contributed by atoms with Crippen LogP contribution in [0.15, 0.2) is 117 Å². The molecule has 1 N–H and O–H groups in total. The number of nitro groups is 1. The summed E-state index contributed by atoms with van der Waals surface area (Å²) in [5, 5.41) is 15.7. The quantitative estimate of drug-likeness (QED) is 0.113. The Hall–Kier alpha value is -4.18. The van der Waals surface area contributed by atoms with Gasteiger partial charge in [-0.15, -0.1) is 0 Å². The summed E-state index contributed by atoms with van der Waals surface area (Å²) in [6.07, 6.45) is 1.77. The molecule has 3 aromatic carbocycles. The molecule has 1 aliphatic heterocycles. The molecule has 0 spiro atoms. The number of nitrogens with zero attached hydrogens (tertiary/aromatic N) is 3. The second-order valence-electron chi connectivity index (χ2n) is 9.46. The molecular formula is C31H23ClN4O3S2. The molecule has 3 heterocycles. The van der Waals surface area contributed by atoms with Crippen molar-refractivity contribution in [2.75, 3.05) is 4.90 Å². The minimum Gasteiger partial charge on any atom is -0.459 e. The Morgan fingerprint density at radius 1 is 0.976 bits per heavy atom. The zero-order valence-corrected chi connectivity index (χ0v) is 24.1. The summed E-state index contributed by atoms with van der Waals surface area (Å²) in [4.78, 5) is 19.1. The van der Waals surface area contributed by atoms with Gasteiger partial charge < -0.3 is 14.6 Å². The normalized spacial score (nSPS) is 16.5. The van der Waals surface area contributed by atoms with Crippen LogP contribution in [0.3, 0.4) is 0 Å². The lowest BCUT2D eigenvalue weighted by Gasteiger charge is -2.26. The largest absolute Gasteiger partial charge is 0.459 e. The molecule has 10 heteroatoms. The van der Waals surface area contributed by atoms with E-state index in [2.05, 4.69) is 15.2 Å². The third-order valence-electron chi connectivity index (χ3n) is 6.95. The summed E-state index contributed by atoms with van der Waals surface area (Å²) in [6.45, 7) is 1.98. The maximum absolute atomic E-state index is 11.0. The molecule has 0 saturated carbocycles. The Morgan fingerprint density at radius 2 is 1.71 bits per heavy atom. The van der Waals surface area contributed by atoms with Crippen molar-refractivity contribution in [2.45, 2.75) is 28.8 Å². The average Bonchev–Trinajstić information content (AvgIpc) is 3.60. The molecule has 0 unspecified atom stereocenters. The number of hydrogen-bond donors (Lipinski definition) is 1. The molecule has 1 fully saturated rings. The maximum atomic E-state index is 11.0. The van der Waals surface area contributed by atoms with Crippen LogP contribution in [0.25, 0.3) is 11.3 Å². The summed E-state index contributed by atoms with van der Waals surface area (Å²) in [7, 11) is 0. The zero-order valence-electron chi connectivity index (χ0n) is 21.7. The van der Waals surface area contributed by atoms with Crippen molar-refractivity contribution in [3.05, 3.63) is 135 Å². The first-order valence-electron chi connectivity index (χ1n) is 12.8. The topological polar surface area (TPSA) is 84.4 Å². The van der Waals surface area contributed by atoms with Gasteiger partial charge in [0.15, 0.2) is 5.11 Å². The molecule has 204 valence electrons. The van der Waals surface area contributed by atoms with Crippen LogP contribution >= 0.6 is 35.6 Å². The molecule has 2 aromatic heterocycles. The van der Waals surface area contributed by atoms with Crippen molar-refractivity contribution in [2.24, 2.45) is 0 Å². The minimum absolute atomic E-state index is 0.0693. The monoisotopic (exact) mass is 598 g/mol. The van der Waals surface area contributed by atoms with Crippen molar-refractivity contribution < 1.29 is 9.34 Å². The Balaban J connectivity index is 1.33. The van der Waals surface area contributed by atoms with Gasteiger partial charge in [-0.25, -0.2) is 0 Å². The number of aromatic nitrogens is 1. The molecule has 0 amide bonds. The SMILES string of the molecule is Cc1c(Cl)cccc1-c1ccc([C@H]2[C@@H](c3ccccn3)NC(=S)N2c2ccc(Sc3ccc([N+](=O)[O-])cc3)cc2)o1. The van der Waals surface area contributed by atoms with Gasteiger partial charge in [-0.05, 0) is 91.4 Å². The van der Waals surface area contributed by atoms with E-state index in [1.54, 1.807) is 18.3 Å². The first-order chi connectivity index (χ1) is 19.9. The van der Waals surface area contributed by atoms with Gasteiger partial charge in [0.1, 0.15) is 17.6 Å². The number of non-ortho nitro benzene ring substituents is 1. The first-order valence-corrected chi connectivity index (χ1v) is 14.4. The van der Waals surface area contributed by atoms with E-state index >= 15 is 0 Å². The van der Waals surface area contributed by atoms with Gasteiger partial charge in [-0.2, -0.15) is 0 Å². The van der Waals surface area contributed by atoms with Gasteiger partial charge in [0.05, 0.1) is 16.7 Å². The molecule has 6 rings (SSSR count). The van der Waals surface area contributed by atoms with Crippen molar-refractivity contribution >= 4 is 52.1 Å². The molecule has 0 radical (unpaired) electrons. The molecule has 1 saturated heterocycles. The summed E-state index contributed by atoms with van der Waals surface area (Å²) < 4.78 is 6.49. The molecule has 0 bridgehead atoms. The second kappa shape index (κ2) is 11.4. The number of pyridine rings is 1. The fourth-order valence-corrected chi connectivity index (χ4v) is 6.24. The van der Waals surface area contributed by atoms with Gasteiger partial charge in [0.2, 0.25) is 0 Å². The van der Waals surface area contributed by atoms with Crippen LogP contribution in [-0.4, -0.2) is 15.0 Å². The number of nitrogens with one attached hydrogen (secondary N) is 1. The zero-order chi connectivity index (χ0) is 28.5. The van der Waals surface area contributed by atoms with Gasteiger partial charge in [-0.1, -0.05) is 41.6 Å². The highest BCUT2D eigenvalue weighted by Crippen LogP contribution is 2.44. The minimum atomic E-state index is -0.400. The molecule has 5 aromatic rings. The van der Waals surface area contributed by atoms with E-state index in [4.69, 9.17) is 28.2 Å². The molecule has 0 aliphatic carbocycles. The summed E-state index contributed by atoms with van der Waals surface area (Å²) in [5.41, 5.74) is 3.71. The van der Waals surface area contributed by atoms with Gasteiger partial charge in [0, 0.05) is 44.4 Å². The first kappa shape index (κ1) is 27.0. The summed E-state index contributed by atoms with van der Waals surface area (Å²) >= 11 is 13.8. The van der Waals surface area contributed by atoms with Gasteiger partial charge >= 0.3 is 0 Å². The van der Waals surface area contributed by atoms with E-state index in [9.17, 15) is 10.1 Å². The number of anilines is 1. The summed E-state index contributed by atoms with van der Waals surface area (Å²) in [5.74, 6) is 1.47. The number of furan rings is 1. The second-order valence-corrected chi connectivity index (χ2v) is 11.4. The molecule has 1 aliphatic rings. The molecule has 7 nitrogen and oxygen atoms in total. The molecular weight excluding hydrogens is 576 g/mol. The smallest absolute Gasteiger partial charge is 0.269 e. The number of rotatable bonds is 7. The highest BCUT2D eigenvalue weighted by atomic mass is 35.5. The third kappa shape index (κ3) is 5.44. The fourth-order valence-electron chi connectivity index (χ4n) is 4.90. The lowest BCUT2D eigenvalue weighted by Crippen LogP contribution is -2.29. The predicted octanol–water partition coefficient (Wildman–Crippen LogP) is 8.54. The van der Waals surface area contributed by atoms with E-state index in [1.165, 1.54) is 23.9 Å². The van der Waals surface area contributed by atoms with Crippen molar-refractivity contribution in [1.82, 2.24) is 10.3 Å². The van der Waals surface area contributed by atoms with Crippen LogP contribution in [-0.2, 0) is 0 Å². The van der Waals surface area contributed by atoms with Gasteiger partial charge in [-0.3, -0.25) is 15.1 Å². The van der Waals surface area contributed by atoms with Crippen LogP contribution in [0.2, 0.25) is 5.02 Å². The van der Waals surface area contributed by atoms with E-state index < -0.39 is 4.92 Å². The van der Waals surface area contributed by atoms with Crippen LogP contribution in [0, 0.1) is 17.0 Å². The van der Waals surface area contributed by atoms with Crippen LogP contribution in [0.4, 0.5) is 11.4 Å². The van der Waals surface area contributed by atoms with Crippen molar-refractivity contribution in [3.8, 4) is 11.3 Å².